The zero-order valence-electron chi connectivity index (χ0n) is 13.4. The van der Waals surface area contributed by atoms with Crippen molar-refractivity contribution in [2.24, 2.45) is 0 Å². The molecule has 3 heterocycles. The summed E-state index contributed by atoms with van der Waals surface area (Å²) >= 11 is 0. The predicted molar refractivity (Wildman–Crippen MR) is 98.1 cm³/mol. The van der Waals surface area contributed by atoms with E-state index in [1.54, 1.807) is 0 Å². The molecular weight excluding hydrogens is 489 g/mol. The molecule has 0 bridgehead atoms. The molecule has 4 aromatic rings. The molecule has 2 aromatic carbocycles. The summed E-state index contributed by atoms with van der Waals surface area (Å²) in [4.78, 5) is 9.43. The van der Waals surface area contributed by atoms with Crippen molar-refractivity contribution < 1.29 is 20.1 Å². The van der Waals surface area contributed by atoms with Crippen LogP contribution in [-0.4, -0.2) is 18.0 Å². The predicted octanol–water partition coefficient (Wildman–Crippen LogP) is 3.38. The minimum Gasteiger partial charge on any atom is -0.359 e. The van der Waals surface area contributed by atoms with Crippen LogP contribution in [0.4, 0.5) is 0 Å². The Kier molecular flexibility index (Phi) is 3.46. The Morgan fingerprint density at radius 3 is 2.67 bits per heavy atom. The monoisotopic (exact) mass is 504 g/mol. The van der Waals surface area contributed by atoms with Gasteiger partial charge in [0, 0.05) is 26.3 Å². The molecule has 1 aliphatic rings. The topological polar surface area (TPSA) is 25.8 Å². The van der Waals surface area contributed by atoms with Crippen molar-refractivity contribution in [1.82, 2.24) is 9.97 Å². The summed E-state index contributed by atoms with van der Waals surface area (Å²) in [6, 6.07) is 18.4. The second-order valence-electron chi connectivity index (χ2n) is 6.67. The molecule has 24 heavy (non-hydrogen) atoms. The molecule has 1 aliphatic heterocycles. The molecule has 0 saturated carbocycles. The van der Waals surface area contributed by atoms with Crippen molar-refractivity contribution in [2.75, 3.05) is 0 Å². The molecule has 0 aliphatic carbocycles. The number of nitrogens with zero attached hydrogens (tertiary/aromatic N) is 2. The number of pyridine rings is 2. The smallest absolute Gasteiger partial charge is 0.0876 e. The molecule has 0 saturated heterocycles. The third-order valence-corrected chi connectivity index (χ3v) is 8.32. The van der Waals surface area contributed by atoms with Crippen LogP contribution in [0.2, 0.25) is 13.1 Å². The van der Waals surface area contributed by atoms with E-state index in [-0.39, 0.29) is 20.1 Å². The first-order chi connectivity index (χ1) is 11.2. The van der Waals surface area contributed by atoms with Gasteiger partial charge in [-0.05, 0) is 38.6 Å². The van der Waals surface area contributed by atoms with Crippen LogP contribution in [0.5, 0.6) is 0 Å². The van der Waals surface area contributed by atoms with Crippen LogP contribution in [0.15, 0.2) is 54.9 Å². The normalized spacial score (nSPS) is 14.2. The third kappa shape index (κ3) is 1.91. The molecule has 2 aromatic heterocycles. The SMILES string of the molecule is C[Si]1(C)c2ncc[c-]c2-c2nccc3c2c1cc1ccccc13.[Ir]. The summed E-state index contributed by atoms with van der Waals surface area (Å²) in [5.74, 6) is 0. The van der Waals surface area contributed by atoms with E-state index < -0.39 is 8.07 Å². The molecule has 1 radical (unpaired) electrons. The minimum atomic E-state index is -1.86. The van der Waals surface area contributed by atoms with E-state index in [4.69, 9.17) is 9.97 Å². The second kappa shape index (κ2) is 5.31. The number of hydrogen-bond donors (Lipinski definition) is 0. The molecule has 0 N–H and O–H groups in total. The van der Waals surface area contributed by atoms with Crippen LogP contribution in [0.25, 0.3) is 32.8 Å². The van der Waals surface area contributed by atoms with Crippen LogP contribution in [0, 0.1) is 6.07 Å². The van der Waals surface area contributed by atoms with E-state index >= 15 is 0 Å². The molecule has 119 valence electrons. The first-order valence-electron chi connectivity index (χ1n) is 7.86. The van der Waals surface area contributed by atoms with Gasteiger partial charge in [-0.25, -0.2) is 0 Å². The fraction of sp³-hybridized carbons (Fsp3) is 0.100. The van der Waals surface area contributed by atoms with E-state index in [2.05, 4.69) is 55.6 Å². The Morgan fingerprint density at radius 1 is 0.958 bits per heavy atom. The van der Waals surface area contributed by atoms with Crippen molar-refractivity contribution in [2.45, 2.75) is 13.1 Å². The maximum Gasteiger partial charge on any atom is 0.0876 e. The van der Waals surface area contributed by atoms with Gasteiger partial charge in [0.05, 0.1) is 8.07 Å². The molecule has 0 spiro atoms. The molecule has 2 nitrogen and oxygen atoms in total. The summed E-state index contributed by atoms with van der Waals surface area (Å²) in [6.45, 7) is 4.76. The zero-order valence-corrected chi connectivity index (χ0v) is 16.8. The molecule has 4 heteroatoms. The van der Waals surface area contributed by atoms with Gasteiger partial charge < -0.3 is 9.97 Å². The van der Waals surface area contributed by atoms with Crippen molar-refractivity contribution in [3.63, 3.8) is 0 Å². The standard InChI is InChI=1S/C20H15N2Si.Ir/c1-23(2)17-12-13-6-3-4-7-14(13)15-9-11-21-19(18(15)17)16-8-5-10-22-20(16)23;/h3-7,9-12H,1-2H3;/q-1;. The van der Waals surface area contributed by atoms with Crippen molar-refractivity contribution in [3.05, 3.63) is 60.9 Å². The molecule has 0 unspecified atom stereocenters. The number of hydrogen-bond acceptors (Lipinski definition) is 2. The van der Waals surface area contributed by atoms with Crippen LogP contribution < -0.4 is 10.5 Å². The number of aromatic nitrogens is 2. The average molecular weight is 504 g/mol. The summed E-state index contributed by atoms with van der Waals surface area (Å²) < 4.78 is 0. The van der Waals surface area contributed by atoms with E-state index in [1.807, 2.05) is 18.5 Å². The van der Waals surface area contributed by atoms with Gasteiger partial charge in [0.25, 0.3) is 0 Å². The summed E-state index contributed by atoms with van der Waals surface area (Å²) in [7, 11) is -1.86. The van der Waals surface area contributed by atoms with Gasteiger partial charge in [-0.1, -0.05) is 54.8 Å². The number of benzene rings is 2. The molecule has 0 atom stereocenters. The average Bonchev–Trinajstić information content (AvgIpc) is 2.59. The van der Waals surface area contributed by atoms with Crippen molar-refractivity contribution in [3.8, 4) is 11.3 Å². The van der Waals surface area contributed by atoms with Gasteiger partial charge in [-0.15, -0.1) is 17.7 Å². The summed E-state index contributed by atoms with van der Waals surface area (Å²) in [6.07, 6.45) is 3.78. The van der Waals surface area contributed by atoms with Crippen molar-refractivity contribution >= 4 is 40.1 Å². The van der Waals surface area contributed by atoms with Crippen molar-refractivity contribution in [1.29, 1.82) is 0 Å². The summed E-state index contributed by atoms with van der Waals surface area (Å²) in [5.41, 5.74) is 2.13. The van der Waals surface area contributed by atoms with Gasteiger partial charge >= 0.3 is 0 Å². The Hall–Kier alpha value is -1.87. The summed E-state index contributed by atoms with van der Waals surface area (Å²) in [5, 5.41) is 7.84. The van der Waals surface area contributed by atoms with Crippen LogP contribution in [0.1, 0.15) is 0 Å². The zero-order chi connectivity index (χ0) is 15.6. The minimum absolute atomic E-state index is 0. The van der Waals surface area contributed by atoms with E-state index in [1.165, 1.54) is 32.0 Å². The Bertz CT molecular complexity index is 1110. The van der Waals surface area contributed by atoms with E-state index in [0.717, 1.165) is 11.3 Å². The maximum atomic E-state index is 4.73. The fourth-order valence-electron chi connectivity index (χ4n) is 3.88. The number of fused-ring (bicyclic) bond motifs is 4. The van der Waals surface area contributed by atoms with Crippen LogP contribution in [0.3, 0.4) is 0 Å². The fourth-order valence-corrected chi connectivity index (χ4v) is 6.75. The third-order valence-electron chi connectivity index (χ3n) is 5.02. The Balaban J connectivity index is 0.00000146. The second-order valence-corrected chi connectivity index (χ2v) is 10.9. The quantitative estimate of drug-likeness (QED) is 0.209. The Morgan fingerprint density at radius 2 is 1.79 bits per heavy atom. The van der Waals surface area contributed by atoms with Crippen LogP contribution in [-0.2, 0) is 20.1 Å². The van der Waals surface area contributed by atoms with E-state index in [0.29, 0.717) is 0 Å². The molecule has 0 amide bonds. The molecular formula is C20H15IrN2Si-. The Labute approximate surface area is 155 Å². The van der Waals surface area contributed by atoms with E-state index in [9.17, 15) is 0 Å². The molecule has 0 fully saturated rings. The van der Waals surface area contributed by atoms with Gasteiger partial charge in [0.15, 0.2) is 0 Å². The van der Waals surface area contributed by atoms with Gasteiger partial charge in [-0.3, -0.25) is 0 Å². The molecule has 5 rings (SSSR count). The maximum absolute atomic E-state index is 4.73. The first-order valence-corrected chi connectivity index (χ1v) is 10.9. The van der Waals surface area contributed by atoms with Gasteiger partial charge in [0.1, 0.15) is 0 Å². The van der Waals surface area contributed by atoms with Gasteiger partial charge in [-0.2, -0.15) is 0 Å². The first kappa shape index (κ1) is 15.6. The number of rotatable bonds is 0. The van der Waals surface area contributed by atoms with Crippen LogP contribution >= 0.6 is 0 Å². The van der Waals surface area contributed by atoms with Gasteiger partial charge in [0.2, 0.25) is 0 Å². The largest absolute Gasteiger partial charge is 0.359 e.